The van der Waals surface area contributed by atoms with Crippen LogP contribution < -0.4 is 0 Å². The number of aryl methyl sites for hydroxylation is 1. The highest BCUT2D eigenvalue weighted by molar-refractivity contribution is 7.89. The van der Waals surface area contributed by atoms with E-state index in [0.29, 0.717) is 6.54 Å². The van der Waals surface area contributed by atoms with Crippen LogP contribution in [-0.4, -0.2) is 38.9 Å². The van der Waals surface area contributed by atoms with E-state index >= 15 is 0 Å². The fourth-order valence-corrected chi connectivity index (χ4v) is 3.79. The van der Waals surface area contributed by atoms with Gasteiger partial charge in [0.25, 0.3) is 0 Å². The van der Waals surface area contributed by atoms with Crippen LogP contribution in [0, 0.1) is 18.8 Å². The van der Waals surface area contributed by atoms with E-state index in [1.165, 1.54) is 11.4 Å². The lowest BCUT2D eigenvalue weighted by Gasteiger charge is -2.20. The van der Waals surface area contributed by atoms with Gasteiger partial charge in [0, 0.05) is 12.5 Å². The van der Waals surface area contributed by atoms with Gasteiger partial charge in [0.05, 0.1) is 18.6 Å². The molecule has 0 saturated carbocycles. The molecule has 2 rings (SSSR count). The standard InChI is InChI=1S/C18H21NO4S/c1-15-9-11-17(12-10-15)24(21,22)19(13-5-8-18(20)23-2)14-16-6-3-4-7-16/h6,9-12H,3-4,7,13-14H2,1-2H3. The molecule has 24 heavy (non-hydrogen) atoms. The summed E-state index contributed by atoms with van der Waals surface area (Å²) in [6, 6.07) is 6.71. The van der Waals surface area contributed by atoms with E-state index in [1.54, 1.807) is 24.3 Å². The Balaban J connectivity index is 2.26. The summed E-state index contributed by atoms with van der Waals surface area (Å²) in [6.07, 6.45) is 4.99. The van der Waals surface area contributed by atoms with Crippen LogP contribution in [0.15, 0.2) is 40.8 Å². The molecule has 0 heterocycles. The summed E-state index contributed by atoms with van der Waals surface area (Å²) in [6.45, 7) is 2.15. The van der Waals surface area contributed by atoms with Crippen molar-refractivity contribution in [1.82, 2.24) is 4.31 Å². The SMILES string of the molecule is COC(=O)C#CCN(CC1=CCCC1)S(=O)(=O)c1ccc(C)cc1. The summed E-state index contributed by atoms with van der Waals surface area (Å²) in [5.41, 5.74) is 2.08. The Morgan fingerprint density at radius 3 is 2.58 bits per heavy atom. The third-order valence-electron chi connectivity index (χ3n) is 3.80. The maximum absolute atomic E-state index is 12.9. The predicted molar refractivity (Wildman–Crippen MR) is 91.7 cm³/mol. The van der Waals surface area contributed by atoms with Crippen molar-refractivity contribution in [3.8, 4) is 11.8 Å². The van der Waals surface area contributed by atoms with Gasteiger partial charge < -0.3 is 4.74 Å². The van der Waals surface area contributed by atoms with Crippen molar-refractivity contribution in [2.75, 3.05) is 20.2 Å². The largest absolute Gasteiger partial charge is 0.459 e. The Morgan fingerprint density at radius 2 is 2.00 bits per heavy atom. The van der Waals surface area contributed by atoms with Crippen LogP contribution in [0.3, 0.4) is 0 Å². The molecule has 0 bridgehead atoms. The molecule has 1 aromatic rings. The van der Waals surface area contributed by atoms with Crippen LogP contribution in [0.4, 0.5) is 0 Å². The number of carbonyl (C=O) groups excluding carboxylic acids is 1. The highest BCUT2D eigenvalue weighted by Crippen LogP contribution is 2.22. The normalized spacial score (nSPS) is 14.0. The molecule has 0 saturated heterocycles. The lowest BCUT2D eigenvalue weighted by Crippen LogP contribution is -2.33. The number of hydrogen-bond donors (Lipinski definition) is 0. The van der Waals surface area contributed by atoms with Gasteiger partial charge in [-0.15, -0.1) is 0 Å². The van der Waals surface area contributed by atoms with E-state index in [2.05, 4.69) is 22.7 Å². The zero-order chi connectivity index (χ0) is 17.6. The summed E-state index contributed by atoms with van der Waals surface area (Å²) >= 11 is 0. The Kier molecular flexibility index (Phi) is 6.18. The van der Waals surface area contributed by atoms with Crippen LogP contribution in [-0.2, 0) is 19.6 Å². The molecule has 5 nitrogen and oxygen atoms in total. The number of benzene rings is 1. The van der Waals surface area contributed by atoms with Gasteiger partial charge in [-0.3, -0.25) is 0 Å². The summed E-state index contributed by atoms with van der Waals surface area (Å²) < 4.78 is 31.6. The molecule has 1 aromatic carbocycles. The van der Waals surface area contributed by atoms with Gasteiger partial charge in [-0.05, 0) is 38.3 Å². The summed E-state index contributed by atoms with van der Waals surface area (Å²) in [5, 5.41) is 0. The molecule has 0 radical (unpaired) electrons. The highest BCUT2D eigenvalue weighted by Gasteiger charge is 2.25. The lowest BCUT2D eigenvalue weighted by atomic mass is 10.2. The van der Waals surface area contributed by atoms with Crippen LogP contribution >= 0.6 is 0 Å². The van der Waals surface area contributed by atoms with E-state index in [9.17, 15) is 13.2 Å². The maximum atomic E-state index is 12.9. The summed E-state index contributed by atoms with van der Waals surface area (Å²) in [4.78, 5) is 11.3. The van der Waals surface area contributed by atoms with Crippen LogP contribution in [0.2, 0.25) is 0 Å². The first-order valence-corrected chi connectivity index (χ1v) is 9.19. The third-order valence-corrected chi connectivity index (χ3v) is 5.61. The molecule has 1 aliphatic rings. The zero-order valence-electron chi connectivity index (χ0n) is 13.9. The minimum atomic E-state index is -3.67. The summed E-state index contributed by atoms with van der Waals surface area (Å²) in [7, 11) is -2.43. The van der Waals surface area contributed by atoms with Crippen molar-refractivity contribution >= 4 is 16.0 Å². The molecule has 0 unspecified atom stereocenters. The molecule has 0 aromatic heterocycles. The van der Waals surface area contributed by atoms with Crippen molar-refractivity contribution in [2.45, 2.75) is 31.1 Å². The number of nitrogens with zero attached hydrogens (tertiary/aromatic N) is 1. The van der Waals surface area contributed by atoms with Crippen LogP contribution in [0.5, 0.6) is 0 Å². The van der Waals surface area contributed by atoms with E-state index in [-0.39, 0.29) is 11.4 Å². The molecular weight excluding hydrogens is 326 g/mol. The molecule has 0 amide bonds. The van der Waals surface area contributed by atoms with Crippen molar-refractivity contribution in [1.29, 1.82) is 0 Å². The third kappa shape index (κ3) is 4.70. The lowest BCUT2D eigenvalue weighted by molar-refractivity contribution is -0.133. The number of esters is 1. The molecule has 0 atom stereocenters. The molecule has 0 spiro atoms. The van der Waals surface area contributed by atoms with Gasteiger partial charge >= 0.3 is 5.97 Å². The number of rotatable bonds is 5. The number of allylic oxidation sites excluding steroid dienone is 1. The van der Waals surface area contributed by atoms with Gasteiger partial charge in [0.1, 0.15) is 0 Å². The topological polar surface area (TPSA) is 63.7 Å². The molecular formula is C18H21NO4S. The first-order valence-electron chi connectivity index (χ1n) is 7.75. The van der Waals surface area contributed by atoms with Crippen LogP contribution in [0.25, 0.3) is 0 Å². The molecule has 0 aliphatic heterocycles. The van der Waals surface area contributed by atoms with Gasteiger partial charge in [-0.25, -0.2) is 13.2 Å². The second kappa shape index (κ2) is 8.13. The fourth-order valence-electron chi connectivity index (χ4n) is 2.44. The van der Waals surface area contributed by atoms with Gasteiger partial charge in [-0.1, -0.05) is 35.3 Å². The maximum Gasteiger partial charge on any atom is 0.384 e. The quantitative estimate of drug-likeness (QED) is 0.355. The second-order valence-corrected chi connectivity index (χ2v) is 7.57. The average Bonchev–Trinajstić information content (AvgIpc) is 3.07. The first-order chi connectivity index (χ1) is 11.4. The number of methoxy groups -OCH3 is 1. The molecule has 128 valence electrons. The van der Waals surface area contributed by atoms with Crippen molar-refractivity contribution in [2.24, 2.45) is 0 Å². The first kappa shape index (κ1) is 18.2. The minimum Gasteiger partial charge on any atom is -0.459 e. The van der Waals surface area contributed by atoms with Gasteiger partial charge in [0.2, 0.25) is 10.0 Å². The Labute approximate surface area is 143 Å². The molecule has 6 heteroatoms. The van der Waals surface area contributed by atoms with Gasteiger partial charge in [0.15, 0.2) is 0 Å². The van der Waals surface area contributed by atoms with Crippen molar-refractivity contribution < 1.29 is 17.9 Å². The smallest absolute Gasteiger partial charge is 0.384 e. The number of hydrogen-bond acceptors (Lipinski definition) is 4. The van der Waals surface area contributed by atoms with E-state index in [0.717, 1.165) is 30.4 Å². The molecule has 0 fully saturated rings. The molecule has 0 N–H and O–H groups in total. The Hall–Kier alpha value is -2.10. The second-order valence-electron chi connectivity index (χ2n) is 5.63. The van der Waals surface area contributed by atoms with Crippen molar-refractivity contribution in [3.05, 3.63) is 41.5 Å². The highest BCUT2D eigenvalue weighted by atomic mass is 32.2. The van der Waals surface area contributed by atoms with Crippen molar-refractivity contribution in [3.63, 3.8) is 0 Å². The van der Waals surface area contributed by atoms with Gasteiger partial charge in [-0.2, -0.15) is 4.31 Å². The van der Waals surface area contributed by atoms with E-state index < -0.39 is 16.0 Å². The van der Waals surface area contributed by atoms with E-state index in [4.69, 9.17) is 0 Å². The fraction of sp³-hybridized carbons (Fsp3) is 0.389. The minimum absolute atomic E-state index is 0.0529. The average molecular weight is 347 g/mol. The number of ether oxygens (including phenoxy) is 1. The Bertz CT molecular complexity index is 783. The Morgan fingerprint density at radius 1 is 1.29 bits per heavy atom. The number of carbonyl (C=O) groups is 1. The summed E-state index contributed by atoms with van der Waals surface area (Å²) in [5.74, 6) is 4.20. The zero-order valence-corrected chi connectivity index (χ0v) is 14.7. The number of sulfonamides is 1. The van der Waals surface area contributed by atoms with E-state index in [1.807, 2.05) is 6.92 Å². The monoisotopic (exact) mass is 347 g/mol. The predicted octanol–water partition coefficient (Wildman–Crippen LogP) is 2.27. The van der Waals surface area contributed by atoms with Crippen LogP contribution in [0.1, 0.15) is 24.8 Å². The molecule has 1 aliphatic carbocycles.